The Morgan fingerprint density at radius 2 is 2.04 bits per heavy atom. The van der Waals surface area contributed by atoms with Crippen molar-refractivity contribution in [3.63, 3.8) is 0 Å². The summed E-state index contributed by atoms with van der Waals surface area (Å²) >= 11 is 1.36. The zero-order valence-corrected chi connectivity index (χ0v) is 13.5. The van der Waals surface area contributed by atoms with Crippen molar-refractivity contribution in [2.24, 2.45) is 0 Å². The highest BCUT2D eigenvalue weighted by Crippen LogP contribution is 2.18. The Morgan fingerprint density at radius 3 is 2.70 bits per heavy atom. The van der Waals surface area contributed by atoms with Gasteiger partial charge in [-0.25, -0.2) is 4.39 Å². The maximum atomic E-state index is 13.1. The minimum absolute atomic E-state index is 0.0292. The van der Waals surface area contributed by atoms with E-state index < -0.39 is 11.9 Å². The Balaban J connectivity index is 1.83. The van der Waals surface area contributed by atoms with Gasteiger partial charge < -0.3 is 10.4 Å². The van der Waals surface area contributed by atoms with Crippen LogP contribution in [-0.4, -0.2) is 22.8 Å². The Labute approximate surface area is 138 Å². The average Bonchev–Trinajstić information content (AvgIpc) is 3.01. The summed E-state index contributed by atoms with van der Waals surface area (Å²) in [6.45, 7) is 1.73. The predicted molar refractivity (Wildman–Crippen MR) is 86.8 cm³/mol. The third kappa shape index (κ3) is 5.26. The van der Waals surface area contributed by atoms with E-state index >= 15 is 0 Å². The number of rotatable bonds is 7. The second kappa shape index (κ2) is 7.99. The number of hydrogen-bond donors (Lipinski definition) is 2. The first kappa shape index (κ1) is 17.3. The van der Waals surface area contributed by atoms with Gasteiger partial charge in [-0.1, -0.05) is 18.2 Å². The normalized spacial score (nSPS) is 13.3. The van der Waals surface area contributed by atoms with Gasteiger partial charge in [-0.3, -0.25) is 9.59 Å². The first-order valence-electron chi connectivity index (χ1n) is 7.25. The lowest BCUT2D eigenvalue weighted by molar-refractivity contribution is -0.123. The second-order valence-corrected chi connectivity index (χ2v) is 6.30. The first-order chi connectivity index (χ1) is 11.0. The SMILES string of the molecule is CC(CC(=O)c1cccs1)NC(=O)CC(O)c1cccc(F)c1. The second-order valence-electron chi connectivity index (χ2n) is 5.35. The number of hydrogen-bond acceptors (Lipinski definition) is 4. The van der Waals surface area contributed by atoms with Crippen LogP contribution in [0.3, 0.4) is 0 Å². The van der Waals surface area contributed by atoms with Crippen molar-refractivity contribution < 1.29 is 19.1 Å². The number of halogens is 1. The molecule has 2 rings (SSSR count). The van der Waals surface area contributed by atoms with E-state index in [4.69, 9.17) is 0 Å². The highest BCUT2D eigenvalue weighted by molar-refractivity contribution is 7.12. The highest BCUT2D eigenvalue weighted by Gasteiger charge is 2.17. The summed E-state index contributed by atoms with van der Waals surface area (Å²) in [6.07, 6.45) is -1.06. The predicted octanol–water partition coefficient (Wildman–Crippen LogP) is 3.09. The molecule has 2 unspecified atom stereocenters. The summed E-state index contributed by atoms with van der Waals surface area (Å²) < 4.78 is 13.1. The lowest BCUT2D eigenvalue weighted by Gasteiger charge is -2.15. The van der Waals surface area contributed by atoms with Gasteiger partial charge in [0, 0.05) is 12.5 Å². The summed E-state index contributed by atoms with van der Waals surface area (Å²) in [6, 6.07) is 8.72. The number of carbonyl (C=O) groups excluding carboxylic acids is 2. The molecule has 2 atom stereocenters. The maximum absolute atomic E-state index is 13.1. The van der Waals surface area contributed by atoms with Crippen LogP contribution in [0.1, 0.15) is 41.1 Å². The molecule has 0 saturated heterocycles. The zero-order valence-electron chi connectivity index (χ0n) is 12.7. The fourth-order valence-corrected chi connectivity index (χ4v) is 2.88. The molecule has 1 aromatic heterocycles. The fraction of sp³-hybridized carbons (Fsp3) is 0.294. The number of carbonyl (C=O) groups is 2. The quantitative estimate of drug-likeness (QED) is 0.764. The van der Waals surface area contributed by atoms with E-state index in [1.165, 1.54) is 29.5 Å². The molecule has 1 heterocycles. The Kier molecular flexibility index (Phi) is 6.01. The number of ketones is 1. The summed E-state index contributed by atoms with van der Waals surface area (Å²) in [4.78, 5) is 24.5. The van der Waals surface area contributed by atoms with Crippen molar-refractivity contribution in [2.75, 3.05) is 0 Å². The molecule has 0 radical (unpaired) electrons. The van der Waals surface area contributed by atoms with E-state index in [2.05, 4.69) is 5.32 Å². The summed E-state index contributed by atoms with van der Waals surface area (Å²) in [5, 5.41) is 14.5. The van der Waals surface area contributed by atoms with Crippen molar-refractivity contribution in [3.8, 4) is 0 Å². The minimum Gasteiger partial charge on any atom is -0.388 e. The zero-order chi connectivity index (χ0) is 16.8. The molecule has 0 aliphatic rings. The van der Waals surface area contributed by atoms with Crippen LogP contribution < -0.4 is 5.32 Å². The van der Waals surface area contributed by atoms with Crippen molar-refractivity contribution in [1.82, 2.24) is 5.32 Å². The monoisotopic (exact) mass is 335 g/mol. The van der Waals surface area contributed by atoms with Crippen molar-refractivity contribution in [3.05, 3.63) is 58.0 Å². The van der Waals surface area contributed by atoms with Crippen LogP contribution in [0, 0.1) is 5.82 Å². The number of amides is 1. The van der Waals surface area contributed by atoms with Crippen LogP contribution in [0.25, 0.3) is 0 Å². The van der Waals surface area contributed by atoms with E-state index in [1.54, 1.807) is 25.1 Å². The lowest BCUT2D eigenvalue weighted by Crippen LogP contribution is -2.34. The highest BCUT2D eigenvalue weighted by atomic mass is 32.1. The van der Waals surface area contributed by atoms with Gasteiger partial charge in [0.2, 0.25) is 5.91 Å². The van der Waals surface area contributed by atoms with Crippen LogP contribution in [0.2, 0.25) is 0 Å². The smallest absolute Gasteiger partial charge is 0.223 e. The van der Waals surface area contributed by atoms with Gasteiger partial charge in [-0.2, -0.15) is 0 Å². The van der Waals surface area contributed by atoms with Gasteiger partial charge in [-0.05, 0) is 36.1 Å². The Bertz CT molecular complexity index is 672. The number of aliphatic hydroxyl groups is 1. The van der Waals surface area contributed by atoms with E-state index in [0.717, 1.165) is 0 Å². The van der Waals surface area contributed by atoms with E-state index in [1.807, 2.05) is 5.38 Å². The fourth-order valence-electron chi connectivity index (χ4n) is 2.21. The van der Waals surface area contributed by atoms with E-state index in [-0.39, 0.29) is 30.6 Å². The molecule has 122 valence electrons. The molecule has 0 fully saturated rings. The molecule has 0 aliphatic heterocycles. The number of nitrogens with one attached hydrogen (secondary N) is 1. The Morgan fingerprint density at radius 1 is 1.26 bits per heavy atom. The number of benzene rings is 1. The van der Waals surface area contributed by atoms with Crippen LogP contribution in [-0.2, 0) is 4.79 Å². The molecule has 2 aromatic rings. The first-order valence-corrected chi connectivity index (χ1v) is 8.13. The topological polar surface area (TPSA) is 66.4 Å². The number of aliphatic hydroxyl groups excluding tert-OH is 1. The number of thiophene rings is 1. The van der Waals surface area contributed by atoms with Gasteiger partial charge in [-0.15, -0.1) is 11.3 Å². The van der Waals surface area contributed by atoms with Gasteiger partial charge in [0.05, 0.1) is 17.4 Å². The number of Topliss-reactive ketones (excluding diaryl/α,β-unsaturated/α-hetero) is 1. The minimum atomic E-state index is -1.08. The van der Waals surface area contributed by atoms with Crippen LogP contribution >= 0.6 is 11.3 Å². The third-order valence-corrected chi connectivity index (χ3v) is 4.22. The molecule has 0 saturated carbocycles. The molecular formula is C17H18FNO3S. The van der Waals surface area contributed by atoms with Gasteiger partial charge >= 0.3 is 0 Å². The largest absolute Gasteiger partial charge is 0.388 e. The van der Waals surface area contributed by atoms with Gasteiger partial charge in [0.15, 0.2) is 5.78 Å². The van der Waals surface area contributed by atoms with Crippen molar-refractivity contribution in [2.45, 2.75) is 31.9 Å². The molecule has 0 aliphatic carbocycles. The molecule has 6 heteroatoms. The standard InChI is InChI=1S/C17H18FNO3S/c1-11(8-15(21)16-6-3-7-23-16)19-17(22)10-14(20)12-4-2-5-13(18)9-12/h2-7,9,11,14,20H,8,10H2,1H3,(H,19,22). The summed E-state index contributed by atoms with van der Waals surface area (Å²) in [7, 11) is 0. The Hall–Kier alpha value is -2.05. The molecule has 1 amide bonds. The van der Waals surface area contributed by atoms with Crippen molar-refractivity contribution in [1.29, 1.82) is 0 Å². The van der Waals surface area contributed by atoms with Crippen LogP contribution in [0.4, 0.5) is 4.39 Å². The maximum Gasteiger partial charge on any atom is 0.223 e. The summed E-state index contributed by atoms with van der Waals surface area (Å²) in [5.41, 5.74) is 0.350. The molecule has 2 N–H and O–H groups in total. The van der Waals surface area contributed by atoms with E-state index in [9.17, 15) is 19.1 Å². The third-order valence-electron chi connectivity index (χ3n) is 3.31. The van der Waals surface area contributed by atoms with Crippen LogP contribution in [0.5, 0.6) is 0 Å². The molecule has 0 spiro atoms. The molecule has 4 nitrogen and oxygen atoms in total. The van der Waals surface area contributed by atoms with Gasteiger partial charge in [0.25, 0.3) is 0 Å². The molecule has 23 heavy (non-hydrogen) atoms. The van der Waals surface area contributed by atoms with Crippen LogP contribution in [0.15, 0.2) is 41.8 Å². The molecular weight excluding hydrogens is 317 g/mol. The lowest BCUT2D eigenvalue weighted by atomic mass is 10.1. The van der Waals surface area contributed by atoms with E-state index in [0.29, 0.717) is 10.4 Å². The van der Waals surface area contributed by atoms with Crippen molar-refractivity contribution >= 4 is 23.0 Å². The van der Waals surface area contributed by atoms with Gasteiger partial charge in [0.1, 0.15) is 5.82 Å². The molecule has 0 bridgehead atoms. The summed E-state index contributed by atoms with van der Waals surface area (Å²) in [5.74, 6) is -0.872. The average molecular weight is 335 g/mol. The molecule has 1 aromatic carbocycles.